The predicted molar refractivity (Wildman–Crippen MR) is 106 cm³/mol. The molecule has 3 heterocycles. The summed E-state index contributed by atoms with van der Waals surface area (Å²) in [6, 6.07) is 6.75. The Bertz CT molecular complexity index is 1060. The molecule has 0 radical (unpaired) electrons. The smallest absolute Gasteiger partial charge is 0.416 e. The number of methoxy groups -OCH3 is 1. The van der Waals surface area contributed by atoms with Crippen molar-refractivity contribution in [1.29, 1.82) is 0 Å². The average molecular weight is 435 g/mol. The van der Waals surface area contributed by atoms with Gasteiger partial charge < -0.3 is 4.74 Å². The molecule has 0 amide bonds. The van der Waals surface area contributed by atoms with Crippen LogP contribution in [-0.4, -0.2) is 33.5 Å². The molecule has 0 N–H and O–H groups in total. The van der Waals surface area contributed by atoms with Gasteiger partial charge in [0.05, 0.1) is 18.4 Å². The predicted octanol–water partition coefficient (Wildman–Crippen LogP) is 4.78. The van der Waals surface area contributed by atoms with Crippen molar-refractivity contribution in [3.05, 3.63) is 70.1 Å². The quantitative estimate of drug-likeness (QED) is 0.591. The fourth-order valence-electron chi connectivity index (χ4n) is 3.42. The van der Waals surface area contributed by atoms with Crippen molar-refractivity contribution in [2.24, 2.45) is 0 Å². The Morgan fingerprint density at radius 3 is 2.57 bits per heavy atom. The van der Waals surface area contributed by atoms with E-state index < -0.39 is 11.7 Å². The van der Waals surface area contributed by atoms with Crippen molar-refractivity contribution in [1.82, 2.24) is 19.9 Å². The van der Waals surface area contributed by atoms with Gasteiger partial charge in [0, 0.05) is 49.6 Å². The second kappa shape index (κ2) is 8.20. The second-order valence-electron chi connectivity index (χ2n) is 7.04. The molecule has 3 aromatic rings. The van der Waals surface area contributed by atoms with Gasteiger partial charge >= 0.3 is 6.18 Å². The fourth-order valence-corrected chi connectivity index (χ4v) is 3.68. The lowest BCUT2D eigenvalue weighted by molar-refractivity contribution is -0.137. The van der Waals surface area contributed by atoms with Crippen LogP contribution in [0.2, 0.25) is 5.02 Å². The highest BCUT2D eigenvalue weighted by molar-refractivity contribution is 6.31. The number of fused-ring (bicyclic) bond motifs is 1. The summed E-state index contributed by atoms with van der Waals surface area (Å²) in [5.74, 6) is 0.829. The van der Waals surface area contributed by atoms with E-state index in [0.29, 0.717) is 35.4 Å². The molecule has 0 saturated carbocycles. The molecule has 30 heavy (non-hydrogen) atoms. The normalized spacial score (nSPS) is 14.4. The summed E-state index contributed by atoms with van der Waals surface area (Å²) >= 11 is 6.15. The first kappa shape index (κ1) is 20.6. The van der Waals surface area contributed by atoms with Gasteiger partial charge in [0.2, 0.25) is 5.88 Å². The maximum Gasteiger partial charge on any atom is 0.416 e. The first-order chi connectivity index (χ1) is 14.3. The number of benzene rings is 1. The van der Waals surface area contributed by atoms with E-state index in [1.54, 1.807) is 12.4 Å². The van der Waals surface area contributed by atoms with Crippen LogP contribution in [0.25, 0.3) is 11.4 Å². The molecule has 4 rings (SSSR count). The molecule has 1 aliphatic heterocycles. The number of nitrogens with zero attached hydrogens (tertiary/aromatic N) is 4. The summed E-state index contributed by atoms with van der Waals surface area (Å²) in [4.78, 5) is 15.4. The number of hydrogen-bond donors (Lipinski definition) is 0. The Morgan fingerprint density at radius 2 is 1.90 bits per heavy atom. The van der Waals surface area contributed by atoms with Gasteiger partial charge in [-0.2, -0.15) is 13.2 Å². The number of pyridine rings is 1. The van der Waals surface area contributed by atoms with Gasteiger partial charge in [0.25, 0.3) is 0 Å². The summed E-state index contributed by atoms with van der Waals surface area (Å²) in [6.07, 6.45) is -0.143. The number of rotatable bonds is 4. The first-order valence-electron chi connectivity index (χ1n) is 9.26. The van der Waals surface area contributed by atoms with Gasteiger partial charge in [-0.25, -0.2) is 15.0 Å². The van der Waals surface area contributed by atoms with Gasteiger partial charge in [0.15, 0.2) is 5.82 Å². The molecule has 0 bridgehead atoms. The molecule has 0 atom stereocenters. The van der Waals surface area contributed by atoms with Crippen molar-refractivity contribution in [2.75, 3.05) is 13.7 Å². The zero-order valence-electron chi connectivity index (χ0n) is 16.1. The molecule has 0 aliphatic carbocycles. The minimum atomic E-state index is -4.36. The zero-order valence-corrected chi connectivity index (χ0v) is 16.8. The molecular weight excluding hydrogens is 417 g/mol. The maximum atomic E-state index is 12.7. The van der Waals surface area contributed by atoms with Crippen LogP contribution in [0.4, 0.5) is 13.2 Å². The summed E-state index contributed by atoms with van der Waals surface area (Å²) in [5.41, 5.74) is 2.78. The molecule has 0 saturated heterocycles. The highest BCUT2D eigenvalue weighted by Gasteiger charge is 2.30. The summed E-state index contributed by atoms with van der Waals surface area (Å²) in [6.45, 7) is 2.14. The third-order valence-corrected chi connectivity index (χ3v) is 5.22. The van der Waals surface area contributed by atoms with Crippen LogP contribution in [0, 0.1) is 0 Å². The van der Waals surface area contributed by atoms with Crippen LogP contribution in [0.3, 0.4) is 0 Å². The van der Waals surface area contributed by atoms with Crippen LogP contribution in [0.15, 0.2) is 42.7 Å². The topological polar surface area (TPSA) is 51.1 Å². The molecular formula is C21H18ClF3N4O. The SMILES string of the molecule is COc1ncc(CN2CCc3nc(-c4ccc(C(F)(F)F)cc4)ncc3C2)cc1Cl. The summed E-state index contributed by atoms with van der Waals surface area (Å²) in [7, 11) is 1.52. The van der Waals surface area contributed by atoms with Crippen LogP contribution in [-0.2, 0) is 25.7 Å². The van der Waals surface area contributed by atoms with E-state index in [0.717, 1.165) is 41.9 Å². The Labute approximate surface area is 176 Å². The summed E-state index contributed by atoms with van der Waals surface area (Å²) < 4.78 is 43.3. The van der Waals surface area contributed by atoms with Gasteiger partial charge in [-0.1, -0.05) is 23.7 Å². The molecule has 1 aromatic carbocycles. The van der Waals surface area contributed by atoms with Gasteiger partial charge in [0.1, 0.15) is 5.02 Å². The van der Waals surface area contributed by atoms with Crippen molar-refractivity contribution in [3.63, 3.8) is 0 Å². The minimum Gasteiger partial charge on any atom is -0.480 e. The fraction of sp³-hybridized carbons (Fsp3) is 0.286. The molecule has 0 unspecified atom stereocenters. The van der Waals surface area contributed by atoms with Crippen molar-refractivity contribution in [2.45, 2.75) is 25.7 Å². The van der Waals surface area contributed by atoms with Crippen LogP contribution < -0.4 is 4.74 Å². The zero-order chi connectivity index (χ0) is 21.3. The number of hydrogen-bond acceptors (Lipinski definition) is 5. The van der Waals surface area contributed by atoms with Crippen LogP contribution >= 0.6 is 11.6 Å². The molecule has 1 aliphatic rings. The Morgan fingerprint density at radius 1 is 1.13 bits per heavy atom. The lowest BCUT2D eigenvalue weighted by Gasteiger charge is -2.28. The van der Waals surface area contributed by atoms with Crippen molar-refractivity contribution in [3.8, 4) is 17.3 Å². The van der Waals surface area contributed by atoms with E-state index in [1.807, 2.05) is 6.07 Å². The van der Waals surface area contributed by atoms with E-state index in [2.05, 4.69) is 19.9 Å². The molecule has 9 heteroatoms. The van der Waals surface area contributed by atoms with Crippen LogP contribution in [0.1, 0.15) is 22.4 Å². The third-order valence-electron chi connectivity index (χ3n) is 4.95. The average Bonchev–Trinajstić information content (AvgIpc) is 2.73. The number of halogens is 4. The van der Waals surface area contributed by atoms with E-state index in [1.165, 1.54) is 19.2 Å². The lowest BCUT2D eigenvalue weighted by atomic mass is 10.1. The third kappa shape index (κ3) is 4.39. The monoisotopic (exact) mass is 434 g/mol. The van der Waals surface area contributed by atoms with Gasteiger partial charge in [-0.3, -0.25) is 4.90 Å². The molecule has 0 fully saturated rings. The van der Waals surface area contributed by atoms with Crippen LogP contribution in [0.5, 0.6) is 5.88 Å². The molecule has 5 nitrogen and oxygen atoms in total. The van der Waals surface area contributed by atoms with E-state index >= 15 is 0 Å². The number of ether oxygens (including phenoxy) is 1. The Balaban J connectivity index is 1.47. The minimum absolute atomic E-state index is 0.397. The highest BCUT2D eigenvalue weighted by atomic mass is 35.5. The largest absolute Gasteiger partial charge is 0.480 e. The molecule has 0 spiro atoms. The number of aromatic nitrogens is 3. The maximum absolute atomic E-state index is 12.7. The first-order valence-corrected chi connectivity index (χ1v) is 9.64. The molecule has 156 valence electrons. The number of alkyl halides is 3. The van der Waals surface area contributed by atoms with Gasteiger partial charge in [-0.05, 0) is 23.8 Å². The van der Waals surface area contributed by atoms with E-state index in [4.69, 9.17) is 16.3 Å². The van der Waals surface area contributed by atoms with Crippen molar-refractivity contribution >= 4 is 11.6 Å². The Hall–Kier alpha value is -2.71. The van der Waals surface area contributed by atoms with E-state index in [9.17, 15) is 13.2 Å². The Kier molecular flexibility index (Phi) is 5.62. The lowest BCUT2D eigenvalue weighted by Crippen LogP contribution is -2.31. The van der Waals surface area contributed by atoms with Crippen molar-refractivity contribution < 1.29 is 17.9 Å². The molecule has 2 aromatic heterocycles. The van der Waals surface area contributed by atoms with E-state index in [-0.39, 0.29) is 0 Å². The van der Waals surface area contributed by atoms with Gasteiger partial charge in [-0.15, -0.1) is 0 Å². The summed E-state index contributed by atoms with van der Waals surface area (Å²) in [5, 5.41) is 0.469. The second-order valence-corrected chi connectivity index (χ2v) is 7.44. The standard InChI is InChI=1S/C21H18ClF3N4O/c1-30-20-17(22)8-13(9-27-20)11-29-7-6-18-15(12-29)10-26-19(28-18)14-2-4-16(5-3-14)21(23,24)25/h2-5,8-10H,6-7,11-12H2,1H3. The highest BCUT2D eigenvalue weighted by Crippen LogP contribution is 2.31.